The van der Waals surface area contributed by atoms with Crippen molar-refractivity contribution in [2.45, 2.75) is 0 Å². The summed E-state index contributed by atoms with van der Waals surface area (Å²) in [5, 5.41) is 7.91. The molecule has 0 saturated heterocycles. The van der Waals surface area contributed by atoms with Gasteiger partial charge in [-0.05, 0) is 83.9 Å². The van der Waals surface area contributed by atoms with Crippen molar-refractivity contribution >= 4 is 32.3 Å². The maximum atomic E-state index is 2.41. The Morgan fingerprint density at radius 2 is 0.794 bits per heavy atom. The third-order valence-corrected chi connectivity index (χ3v) is 6.99. The summed E-state index contributed by atoms with van der Waals surface area (Å²) in [5.74, 6) is 0. The first-order chi connectivity index (χ1) is 16.9. The molecule has 0 N–H and O–H groups in total. The first-order valence-electron chi connectivity index (χ1n) is 11.8. The zero-order valence-corrected chi connectivity index (χ0v) is 18.7. The van der Waals surface area contributed by atoms with Gasteiger partial charge in [0, 0.05) is 0 Å². The fourth-order valence-electron chi connectivity index (χ4n) is 5.42. The summed E-state index contributed by atoms with van der Waals surface area (Å²) in [6, 6.07) is 48.5. The number of hydrogen-bond donors (Lipinski definition) is 0. The summed E-state index contributed by atoms with van der Waals surface area (Å²) in [6.07, 6.45) is 0. The van der Waals surface area contributed by atoms with Gasteiger partial charge in [-0.25, -0.2) is 0 Å². The third-order valence-electron chi connectivity index (χ3n) is 6.99. The van der Waals surface area contributed by atoms with Crippen molar-refractivity contribution in [3.8, 4) is 33.4 Å². The van der Waals surface area contributed by atoms with E-state index >= 15 is 0 Å². The lowest BCUT2D eigenvalue weighted by molar-refractivity contribution is 1.63. The minimum absolute atomic E-state index is 1.25. The van der Waals surface area contributed by atoms with E-state index in [1.165, 1.54) is 65.7 Å². The standard InChI is InChI=1S/C34H22/c1-4-10-23(11-5-1)28-20-27-17-16-26-18-19-29(24-12-6-2-7-13-24)32-22-30(25-14-8-3-9-15-25)31(21-28)34(27)33(26)32/h1-22H. The average Bonchev–Trinajstić information content (AvgIpc) is 2.92. The van der Waals surface area contributed by atoms with Crippen molar-refractivity contribution < 1.29 is 0 Å². The van der Waals surface area contributed by atoms with Crippen molar-refractivity contribution in [2.75, 3.05) is 0 Å². The highest BCUT2D eigenvalue weighted by Gasteiger charge is 2.17. The minimum Gasteiger partial charge on any atom is -0.0622 e. The van der Waals surface area contributed by atoms with Crippen LogP contribution in [0.2, 0.25) is 0 Å². The molecule has 0 spiro atoms. The zero-order chi connectivity index (χ0) is 22.5. The van der Waals surface area contributed by atoms with Gasteiger partial charge in [-0.3, -0.25) is 0 Å². The second-order valence-corrected chi connectivity index (χ2v) is 8.97. The predicted octanol–water partition coefficient (Wildman–Crippen LogP) is 9.58. The largest absolute Gasteiger partial charge is 0.0622 e. The molecule has 0 heteroatoms. The first-order valence-corrected chi connectivity index (χ1v) is 11.8. The summed E-state index contributed by atoms with van der Waals surface area (Å²) in [5.41, 5.74) is 7.58. The van der Waals surface area contributed by atoms with Crippen molar-refractivity contribution in [1.82, 2.24) is 0 Å². The minimum atomic E-state index is 1.25. The van der Waals surface area contributed by atoms with Crippen LogP contribution in [-0.4, -0.2) is 0 Å². The molecule has 0 aliphatic rings. The molecule has 0 aliphatic carbocycles. The molecular weight excluding hydrogens is 408 g/mol. The van der Waals surface area contributed by atoms with Crippen LogP contribution in [0, 0.1) is 0 Å². The van der Waals surface area contributed by atoms with Gasteiger partial charge in [-0.1, -0.05) is 115 Å². The molecule has 0 amide bonds. The monoisotopic (exact) mass is 430 g/mol. The second kappa shape index (κ2) is 7.57. The topological polar surface area (TPSA) is 0 Å². The molecule has 0 atom stereocenters. The van der Waals surface area contributed by atoms with Gasteiger partial charge >= 0.3 is 0 Å². The Labute approximate surface area is 199 Å². The van der Waals surface area contributed by atoms with Crippen LogP contribution < -0.4 is 0 Å². The lowest BCUT2D eigenvalue weighted by Crippen LogP contribution is -1.91. The Morgan fingerprint density at radius 3 is 1.47 bits per heavy atom. The molecule has 0 heterocycles. The number of hydrogen-bond acceptors (Lipinski definition) is 0. The fourth-order valence-corrected chi connectivity index (χ4v) is 5.42. The van der Waals surface area contributed by atoms with Crippen LogP contribution in [0.1, 0.15) is 0 Å². The maximum absolute atomic E-state index is 2.41. The summed E-state index contributed by atoms with van der Waals surface area (Å²) in [4.78, 5) is 0. The van der Waals surface area contributed by atoms with Gasteiger partial charge in [-0.2, -0.15) is 0 Å². The lowest BCUT2D eigenvalue weighted by Gasteiger charge is -2.19. The predicted molar refractivity (Wildman–Crippen MR) is 146 cm³/mol. The molecule has 34 heavy (non-hydrogen) atoms. The van der Waals surface area contributed by atoms with Crippen LogP contribution in [-0.2, 0) is 0 Å². The van der Waals surface area contributed by atoms with E-state index in [-0.39, 0.29) is 0 Å². The molecule has 7 aromatic carbocycles. The van der Waals surface area contributed by atoms with E-state index < -0.39 is 0 Å². The smallest absolute Gasteiger partial charge is 0.00199 e. The highest BCUT2D eigenvalue weighted by Crippen LogP contribution is 2.45. The van der Waals surface area contributed by atoms with Crippen molar-refractivity contribution in [1.29, 1.82) is 0 Å². The van der Waals surface area contributed by atoms with Crippen molar-refractivity contribution in [3.63, 3.8) is 0 Å². The van der Waals surface area contributed by atoms with Crippen LogP contribution in [0.4, 0.5) is 0 Å². The quantitative estimate of drug-likeness (QED) is 0.245. The fraction of sp³-hybridized carbons (Fsp3) is 0. The summed E-state index contributed by atoms with van der Waals surface area (Å²) < 4.78 is 0. The van der Waals surface area contributed by atoms with Crippen molar-refractivity contribution in [3.05, 3.63) is 133 Å². The van der Waals surface area contributed by atoms with Crippen LogP contribution in [0.15, 0.2) is 133 Å². The molecule has 7 aromatic rings. The SMILES string of the molecule is c1ccc(-c2cc3ccc4ccc(-c5ccccc5)c5cc(-c6ccccc6)c(c2)c3c45)cc1. The van der Waals surface area contributed by atoms with E-state index in [9.17, 15) is 0 Å². The second-order valence-electron chi connectivity index (χ2n) is 8.97. The van der Waals surface area contributed by atoms with Gasteiger partial charge in [-0.15, -0.1) is 0 Å². The highest BCUT2D eigenvalue weighted by molar-refractivity contribution is 6.29. The third kappa shape index (κ3) is 2.93. The van der Waals surface area contributed by atoms with Gasteiger partial charge in [0.05, 0.1) is 0 Å². The summed E-state index contributed by atoms with van der Waals surface area (Å²) in [6.45, 7) is 0. The van der Waals surface area contributed by atoms with E-state index in [4.69, 9.17) is 0 Å². The molecule has 0 radical (unpaired) electrons. The Balaban J connectivity index is 1.67. The zero-order valence-electron chi connectivity index (χ0n) is 18.7. The Morgan fingerprint density at radius 1 is 0.294 bits per heavy atom. The van der Waals surface area contributed by atoms with E-state index in [2.05, 4.69) is 133 Å². The molecule has 0 bridgehead atoms. The summed E-state index contributed by atoms with van der Waals surface area (Å²) >= 11 is 0. The molecule has 0 unspecified atom stereocenters. The molecule has 7 rings (SSSR count). The Bertz CT molecular complexity index is 1760. The van der Waals surface area contributed by atoms with Crippen LogP contribution in [0.3, 0.4) is 0 Å². The van der Waals surface area contributed by atoms with Gasteiger partial charge < -0.3 is 0 Å². The number of benzene rings is 7. The molecule has 0 fully saturated rings. The molecule has 0 aromatic heterocycles. The van der Waals surface area contributed by atoms with Crippen LogP contribution >= 0.6 is 0 Å². The lowest BCUT2D eigenvalue weighted by atomic mass is 9.84. The summed E-state index contributed by atoms with van der Waals surface area (Å²) in [7, 11) is 0. The Kier molecular flexibility index (Phi) is 4.25. The van der Waals surface area contributed by atoms with Crippen LogP contribution in [0.5, 0.6) is 0 Å². The molecule has 0 saturated carbocycles. The Hall–Kier alpha value is -4.42. The van der Waals surface area contributed by atoms with Gasteiger partial charge in [0.1, 0.15) is 0 Å². The molecule has 158 valence electrons. The van der Waals surface area contributed by atoms with Crippen LogP contribution in [0.25, 0.3) is 65.7 Å². The van der Waals surface area contributed by atoms with E-state index in [1.54, 1.807) is 0 Å². The van der Waals surface area contributed by atoms with Gasteiger partial charge in [0.2, 0.25) is 0 Å². The maximum Gasteiger partial charge on any atom is -0.00199 e. The first kappa shape index (κ1) is 19.1. The van der Waals surface area contributed by atoms with Gasteiger partial charge in [0.15, 0.2) is 0 Å². The molecule has 0 aliphatic heterocycles. The highest BCUT2D eigenvalue weighted by atomic mass is 14.2. The van der Waals surface area contributed by atoms with Crippen molar-refractivity contribution in [2.24, 2.45) is 0 Å². The van der Waals surface area contributed by atoms with E-state index in [1.807, 2.05) is 0 Å². The average molecular weight is 431 g/mol. The van der Waals surface area contributed by atoms with E-state index in [0.717, 1.165) is 0 Å². The normalized spacial score (nSPS) is 11.5. The molecular formula is C34H22. The van der Waals surface area contributed by atoms with E-state index in [0.29, 0.717) is 0 Å². The number of rotatable bonds is 3. The molecule has 0 nitrogen and oxygen atoms in total. The van der Waals surface area contributed by atoms with Gasteiger partial charge in [0.25, 0.3) is 0 Å².